The first kappa shape index (κ1) is 21.9. The van der Waals surface area contributed by atoms with Crippen LogP contribution in [0.4, 0.5) is 0 Å². The van der Waals surface area contributed by atoms with Crippen LogP contribution in [0.15, 0.2) is 54.6 Å². The Labute approximate surface area is 169 Å². The minimum Gasteiger partial charge on any atom is -1.00 e. The molecule has 0 aromatic heterocycles. The maximum Gasteiger partial charge on any atom is 0.137 e. The average Bonchev–Trinajstić information content (AvgIpc) is 2.66. The lowest BCUT2D eigenvalue weighted by Crippen LogP contribution is -3.00. The predicted octanol–water partition coefficient (Wildman–Crippen LogP) is 0.974. The van der Waals surface area contributed by atoms with Gasteiger partial charge in [0.1, 0.15) is 25.0 Å². The van der Waals surface area contributed by atoms with E-state index in [0.29, 0.717) is 6.61 Å². The van der Waals surface area contributed by atoms with Crippen LogP contribution >= 0.6 is 0 Å². The summed E-state index contributed by atoms with van der Waals surface area (Å²) < 4.78 is 6.71. The van der Waals surface area contributed by atoms with Crippen LogP contribution in [0, 0.1) is 0 Å². The van der Waals surface area contributed by atoms with Gasteiger partial charge in [0.2, 0.25) is 0 Å². The van der Waals surface area contributed by atoms with E-state index in [0.717, 1.165) is 36.4 Å². The molecule has 2 aromatic rings. The number of aliphatic hydroxyl groups is 1. The lowest BCUT2D eigenvalue weighted by atomic mass is 10.1. The van der Waals surface area contributed by atoms with E-state index in [-0.39, 0.29) is 24.0 Å². The van der Waals surface area contributed by atoms with Crippen molar-refractivity contribution in [2.45, 2.75) is 26.9 Å². The van der Waals surface area contributed by atoms with Crippen molar-refractivity contribution < 1.29 is 38.3 Å². The van der Waals surface area contributed by atoms with Crippen LogP contribution < -0.4 is 28.7 Å². The maximum atomic E-state index is 10.3. The molecular formula is C21H30INO2. The highest BCUT2D eigenvalue weighted by Crippen LogP contribution is 2.22. The Kier molecular flexibility index (Phi) is 9.46. The lowest BCUT2D eigenvalue weighted by molar-refractivity contribution is -0.926. The highest BCUT2D eigenvalue weighted by molar-refractivity contribution is 5.63. The molecule has 0 spiro atoms. The van der Waals surface area contributed by atoms with Gasteiger partial charge in [-0.2, -0.15) is 0 Å². The smallest absolute Gasteiger partial charge is 0.137 e. The van der Waals surface area contributed by atoms with Gasteiger partial charge in [-0.05, 0) is 44.0 Å². The number of nitrogens with zero attached hydrogens (tertiary/aromatic N) is 1. The minimum absolute atomic E-state index is 0. The third-order valence-electron chi connectivity index (χ3n) is 5.01. The molecule has 2 aromatic carbocycles. The first-order valence-electron chi connectivity index (χ1n) is 8.94. The van der Waals surface area contributed by atoms with Crippen LogP contribution in [-0.4, -0.2) is 48.5 Å². The molecule has 0 saturated carbocycles. The summed E-state index contributed by atoms with van der Waals surface area (Å²) in [5.41, 5.74) is 2.36. The minimum atomic E-state index is -0.446. The topological polar surface area (TPSA) is 29.5 Å². The van der Waals surface area contributed by atoms with Gasteiger partial charge >= 0.3 is 0 Å². The fourth-order valence-corrected chi connectivity index (χ4v) is 3.12. The van der Waals surface area contributed by atoms with Gasteiger partial charge in [0, 0.05) is 0 Å². The zero-order valence-electron chi connectivity index (χ0n) is 15.5. The SMILES string of the molecule is CC[N+](CC)(CC)CC(O)COc1ccc(-c2ccccc2)cc1.[I-]. The fraction of sp³-hybridized carbons (Fsp3) is 0.429. The summed E-state index contributed by atoms with van der Waals surface area (Å²) in [6, 6.07) is 18.3. The van der Waals surface area contributed by atoms with Gasteiger partial charge in [0.05, 0.1) is 19.6 Å². The van der Waals surface area contributed by atoms with Crippen molar-refractivity contribution in [3.8, 4) is 16.9 Å². The molecule has 0 amide bonds. The second kappa shape index (κ2) is 10.8. The Balaban J connectivity index is 0.00000312. The number of hydrogen-bond donors (Lipinski definition) is 1. The van der Waals surface area contributed by atoms with Crippen molar-refractivity contribution in [2.75, 3.05) is 32.8 Å². The van der Waals surface area contributed by atoms with E-state index >= 15 is 0 Å². The third kappa shape index (κ3) is 6.28. The van der Waals surface area contributed by atoms with E-state index in [1.165, 1.54) is 11.1 Å². The standard InChI is InChI=1S/C21H30NO2.HI/c1-4-22(5-2,6-3)16-20(23)17-24-21-14-12-19(13-15-21)18-10-8-7-9-11-18;/h7-15,20,23H,4-6,16-17H2,1-3H3;1H/q+1;/p-1. The summed E-state index contributed by atoms with van der Waals surface area (Å²) in [4.78, 5) is 0. The molecule has 0 heterocycles. The molecule has 0 fully saturated rings. The van der Waals surface area contributed by atoms with Crippen molar-refractivity contribution in [1.29, 1.82) is 0 Å². The molecule has 0 radical (unpaired) electrons. The van der Waals surface area contributed by atoms with Crippen LogP contribution in [0.3, 0.4) is 0 Å². The lowest BCUT2D eigenvalue weighted by Gasteiger charge is -2.37. The molecule has 3 nitrogen and oxygen atoms in total. The van der Waals surface area contributed by atoms with Crippen LogP contribution in [0.25, 0.3) is 11.1 Å². The van der Waals surface area contributed by atoms with Gasteiger partial charge in [-0.25, -0.2) is 0 Å². The second-order valence-electron chi connectivity index (χ2n) is 6.33. The van der Waals surface area contributed by atoms with Gasteiger partial charge in [0.15, 0.2) is 0 Å². The normalized spacial score (nSPS) is 12.3. The van der Waals surface area contributed by atoms with Crippen LogP contribution in [-0.2, 0) is 0 Å². The zero-order valence-corrected chi connectivity index (χ0v) is 17.6. The molecule has 2 rings (SSSR count). The predicted molar refractivity (Wildman–Crippen MR) is 100 cm³/mol. The van der Waals surface area contributed by atoms with Gasteiger partial charge < -0.3 is 38.3 Å². The number of benzene rings is 2. The van der Waals surface area contributed by atoms with Crippen molar-refractivity contribution in [1.82, 2.24) is 0 Å². The number of rotatable bonds is 9. The Bertz CT molecular complexity index is 589. The van der Waals surface area contributed by atoms with Gasteiger partial charge in [0.25, 0.3) is 0 Å². The molecule has 1 unspecified atom stereocenters. The summed E-state index contributed by atoms with van der Waals surface area (Å²) in [6.07, 6.45) is -0.446. The molecule has 0 saturated heterocycles. The molecule has 1 atom stereocenters. The van der Waals surface area contributed by atoms with E-state index < -0.39 is 6.10 Å². The molecule has 4 heteroatoms. The summed E-state index contributed by atoms with van der Waals surface area (Å²) in [7, 11) is 0. The molecule has 25 heavy (non-hydrogen) atoms. The number of hydrogen-bond acceptors (Lipinski definition) is 2. The zero-order chi connectivity index (χ0) is 17.4. The molecule has 0 aliphatic rings. The summed E-state index contributed by atoms with van der Waals surface area (Å²) >= 11 is 0. The number of aliphatic hydroxyl groups excluding tert-OH is 1. The number of halogens is 1. The van der Waals surface area contributed by atoms with Crippen molar-refractivity contribution >= 4 is 0 Å². The second-order valence-corrected chi connectivity index (χ2v) is 6.33. The average molecular weight is 455 g/mol. The molecule has 0 bridgehead atoms. The highest BCUT2D eigenvalue weighted by atomic mass is 127. The van der Waals surface area contributed by atoms with Crippen molar-refractivity contribution in [3.63, 3.8) is 0 Å². The van der Waals surface area contributed by atoms with Crippen molar-refractivity contribution in [3.05, 3.63) is 54.6 Å². The Morgan fingerprint density at radius 1 is 0.840 bits per heavy atom. The summed E-state index contributed by atoms with van der Waals surface area (Å²) in [5, 5.41) is 10.3. The molecule has 0 aliphatic carbocycles. The first-order valence-corrected chi connectivity index (χ1v) is 8.94. The van der Waals surface area contributed by atoms with E-state index in [2.05, 4.69) is 45.0 Å². The Morgan fingerprint density at radius 3 is 1.88 bits per heavy atom. The summed E-state index contributed by atoms with van der Waals surface area (Å²) in [6.45, 7) is 10.7. The van der Waals surface area contributed by atoms with Crippen molar-refractivity contribution in [2.24, 2.45) is 0 Å². The first-order chi connectivity index (χ1) is 11.6. The number of likely N-dealkylation sites (N-methyl/N-ethyl adjacent to an activating group) is 1. The number of ether oxygens (including phenoxy) is 1. The van der Waals surface area contributed by atoms with Gasteiger partial charge in [-0.3, -0.25) is 0 Å². The Morgan fingerprint density at radius 2 is 1.36 bits per heavy atom. The molecule has 1 N–H and O–H groups in total. The highest BCUT2D eigenvalue weighted by Gasteiger charge is 2.25. The summed E-state index contributed by atoms with van der Waals surface area (Å²) in [5.74, 6) is 0.802. The monoisotopic (exact) mass is 455 g/mol. The van der Waals surface area contributed by atoms with E-state index in [1.54, 1.807) is 0 Å². The maximum absolute atomic E-state index is 10.3. The Hall–Kier alpha value is -1.11. The van der Waals surface area contributed by atoms with E-state index in [1.807, 2.05) is 30.3 Å². The molecule has 0 aliphatic heterocycles. The third-order valence-corrected chi connectivity index (χ3v) is 5.01. The number of quaternary nitrogens is 1. The fourth-order valence-electron chi connectivity index (χ4n) is 3.12. The van der Waals surface area contributed by atoms with Gasteiger partial charge in [-0.1, -0.05) is 42.5 Å². The van der Waals surface area contributed by atoms with E-state index in [9.17, 15) is 5.11 Å². The van der Waals surface area contributed by atoms with Crippen LogP contribution in [0.1, 0.15) is 20.8 Å². The molecule has 138 valence electrons. The largest absolute Gasteiger partial charge is 1.00 e. The van der Waals surface area contributed by atoms with Crippen LogP contribution in [0.5, 0.6) is 5.75 Å². The molecular weight excluding hydrogens is 425 g/mol. The van der Waals surface area contributed by atoms with Crippen LogP contribution in [0.2, 0.25) is 0 Å². The van der Waals surface area contributed by atoms with Gasteiger partial charge in [-0.15, -0.1) is 0 Å². The van der Waals surface area contributed by atoms with E-state index in [4.69, 9.17) is 4.74 Å². The quantitative estimate of drug-likeness (QED) is 0.451.